The van der Waals surface area contributed by atoms with Gasteiger partial charge in [-0.15, -0.1) is 0 Å². The average Bonchev–Trinajstić information content (AvgIpc) is 2.31. The lowest BCUT2D eigenvalue weighted by Crippen LogP contribution is -2.33. The molecule has 0 heterocycles. The summed E-state index contributed by atoms with van der Waals surface area (Å²) in [5, 5.41) is 2.46. The molecule has 0 saturated heterocycles. The lowest BCUT2D eigenvalue weighted by molar-refractivity contribution is 0.0933. The molecule has 0 aliphatic carbocycles. The Bertz CT molecular complexity index is 619. The number of hydrogen-bond acceptors (Lipinski definition) is 3. The molecule has 1 rings (SSSR count). The third-order valence-electron chi connectivity index (χ3n) is 2.63. The van der Waals surface area contributed by atoms with E-state index in [-0.39, 0.29) is 6.04 Å². The second-order valence-electron chi connectivity index (χ2n) is 4.37. The molecule has 1 N–H and O–H groups in total. The number of carbonyl (C=O) groups is 1. The minimum Gasteiger partial charge on any atom is -0.349 e. The molecule has 0 saturated carbocycles. The zero-order valence-electron chi connectivity index (χ0n) is 10.9. The zero-order valence-corrected chi connectivity index (χ0v) is 12.5. The van der Waals surface area contributed by atoms with Crippen molar-refractivity contribution >= 4 is 25.6 Å². The summed E-state index contributed by atoms with van der Waals surface area (Å²) in [5.74, 6) is -3.74. The maximum absolute atomic E-state index is 13.6. The number of rotatable bonds is 5. The Morgan fingerprint density at radius 3 is 2.50 bits per heavy atom. The number of nitrogens with one attached hydrogen (secondary N) is 1. The third-order valence-corrected chi connectivity index (χ3v) is 3.96. The fourth-order valence-corrected chi connectivity index (χ4v) is 2.45. The maximum atomic E-state index is 13.6. The van der Waals surface area contributed by atoms with Gasteiger partial charge in [-0.3, -0.25) is 4.79 Å². The highest BCUT2D eigenvalue weighted by atomic mass is 35.7. The molecule has 1 amide bonds. The summed E-state index contributed by atoms with van der Waals surface area (Å²) in [4.78, 5) is 11.2. The minimum absolute atomic E-state index is 0.244. The van der Waals surface area contributed by atoms with Crippen LogP contribution in [0, 0.1) is 11.6 Å². The fourth-order valence-electron chi connectivity index (χ4n) is 1.68. The van der Waals surface area contributed by atoms with Gasteiger partial charge in [0.1, 0.15) is 0 Å². The van der Waals surface area contributed by atoms with E-state index in [2.05, 4.69) is 5.32 Å². The quantitative estimate of drug-likeness (QED) is 0.847. The summed E-state index contributed by atoms with van der Waals surface area (Å²) < 4.78 is 49.2. The second-order valence-corrected chi connectivity index (χ2v) is 6.93. The van der Waals surface area contributed by atoms with Crippen LogP contribution in [0.25, 0.3) is 0 Å². The first-order valence-electron chi connectivity index (χ1n) is 5.91. The molecule has 0 radical (unpaired) electrons. The molecule has 0 spiro atoms. The van der Waals surface area contributed by atoms with Crippen LogP contribution in [0.3, 0.4) is 0 Å². The van der Waals surface area contributed by atoms with Gasteiger partial charge in [-0.1, -0.05) is 13.3 Å². The van der Waals surface area contributed by atoms with E-state index in [1.54, 1.807) is 6.92 Å². The van der Waals surface area contributed by atoms with Crippen molar-refractivity contribution in [1.29, 1.82) is 0 Å². The number of hydrogen-bond donors (Lipinski definition) is 1. The molecule has 0 aliphatic rings. The van der Waals surface area contributed by atoms with Crippen LogP contribution in [0.4, 0.5) is 8.78 Å². The number of carbonyl (C=O) groups excluding carboxylic acids is 1. The van der Waals surface area contributed by atoms with E-state index in [0.717, 1.165) is 12.5 Å². The molecule has 20 heavy (non-hydrogen) atoms. The molecule has 1 atom stereocenters. The van der Waals surface area contributed by atoms with Gasteiger partial charge in [0.25, 0.3) is 15.0 Å². The van der Waals surface area contributed by atoms with Crippen LogP contribution in [-0.4, -0.2) is 20.4 Å². The Labute approximate surface area is 120 Å². The Balaban J connectivity index is 3.17. The largest absolute Gasteiger partial charge is 0.349 e. The first-order valence-corrected chi connectivity index (χ1v) is 8.22. The number of halogens is 3. The van der Waals surface area contributed by atoms with Gasteiger partial charge in [0.15, 0.2) is 11.6 Å². The first kappa shape index (κ1) is 16.8. The van der Waals surface area contributed by atoms with Crippen molar-refractivity contribution in [3.63, 3.8) is 0 Å². The molecule has 1 unspecified atom stereocenters. The highest BCUT2D eigenvalue weighted by Gasteiger charge is 2.22. The van der Waals surface area contributed by atoms with Crippen LogP contribution in [0.15, 0.2) is 17.0 Å². The zero-order chi connectivity index (χ0) is 15.5. The molecule has 0 fully saturated rings. The van der Waals surface area contributed by atoms with E-state index in [1.165, 1.54) is 0 Å². The molecule has 1 aromatic carbocycles. The maximum Gasteiger partial charge on any atom is 0.261 e. The van der Waals surface area contributed by atoms with Crippen LogP contribution in [0.1, 0.15) is 37.0 Å². The third kappa shape index (κ3) is 4.14. The minimum atomic E-state index is -4.25. The highest BCUT2D eigenvalue weighted by molar-refractivity contribution is 8.13. The van der Waals surface area contributed by atoms with E-state index >= 15 is 0 Å². The smallest absolute Gasteiger partial charge is 0.261 e. The standard InChI is InChI=1S/C12H14ClF2NO3S/c1-3-4-7(2)16-12(17)9-5-8(20(13,18)19)6-10(14)11(9)15/h5-7H,3-4H2,1-2H3,(H,16,17). The topological polar surface area (TPSA) is 63.2 Å². The van der Waals surface area contributed by atoms with Gasteiger partial charge in [0, 0.05) is 16.7 Å². The van der Waals surface area contributed by atoms with Crippen molar-refractivity contribution in [1.82, 2.24) is 5.32 Å². The molecule has 1 aromatic rings. The van der Waals surface area contributed by atoms with E-state index in [4.69, 9.17) is 10.7 Å². The molecule has 0 bridgehead atoms. The van der Waals surface area contributed by atoms with Crippen molar-refractivity contribution in [3.05, 3.63) is 29.3 Å². The Hall–Kier alpha value is -1.21. The SMILES string of the molecule is CCCC(C)NC(=O)c1cc(S(=O)(=O)Cl)cc(F)c1F. The predicted octanol–water partition coefficient (Wildman–Crippen LogP) is 2.81. The fraction of sp³-hybridized carbons (Fsp3) is 0.417. The Morgan fingerprint density at radius 2 is 2.00 bits per heavy atom. The van der Waals surface area contributed by atoms with Gasteiger partial charge in [-0.05, 0) is 25.5 Å². The summed E-state index contributed by atoms with van der Waals surface area (Å²) >= 11 is 0. The van der Waals surface area contributed by atoms with Crippen molar-refractivity contribution in [2.24, 2.45) is 0 Å². The van der Waals surface area contributed by atoms with E-state index in [9.17, 15) is 22.0 Å². The summed E-state index contributed by atoms with van der Waals surface area (Å²) in [6, 6.07) is 0.907. The van der Waals surface area contributed by atoms with Gasteiger partial charge in [0.2, 0.25) is 0 Å². The number of benzene rings is 1. The molecular weight excluding hydrogens is 312 g/mol. The lowest BCUT2D eigenvalue weighted by atomic mass is 10.1. The van der Waals surface area contributed by atoms with Crippen molar-refractivity contribution in [2.45, 2.75) is 37.6 Å². The Kier molecular flexibility index (Phi) is 5.47. The van der Waals surface area contributed by atoms with Crippen molar-refractivity contribution in [3.8, 4) is 0 Å². The molecule has 0 aromatic heterocycles. The predicted molar refractivity (Wildman–Crippen MR) is 71.2 cm³/mol. The van der Waals surface area contributed by atoms with Crippen molar-refractivity contribution in [2.75, 3.05) is 0 Å². The highest BCUT2D eigenvalue weighted by Crippen LogP contribution is 2.21. The van der Waals surface area contributed by atoms with Crippen LogP contribution in [-0.2, 0) is 9.05 Å². The number of amides is 1. The van der Waals surface area contributed by atoms with Gasteiger partial charge in [0.05, 0.1) is 10.5 Å². The van der Waals surface area contributed by atoms with Gasteiger partial charge < -0.3 is 5.32 Å². The van der Waals surface area contributed by atoms with Crippen LogP contribution in [0.5, 0.6) is 0 Å². The average molecular weight is 326 g/mol. The van der Waals surface area contributed by atoms with E-state index < -0.39 is 37.1 Å². The van der Waals surface area contributed by atoms with Crippen LogP contribution >= 0.6 is 10.7 Å². The molecule has 0 aliphatic heterocycles. The lowest BCUT2D eigenvalue weighted by Gasteiger charge is -2.13. The van der Waals surface area contributed by atoms with Crippen LogP contribution < -0.4 is 5.32 Å². The van der Waals surface area contributed by atoms with Gasteiger partial charge >= 0.3 is 0 Å². The van der Waals surface area contributed by atoms with E-state index in [1.807, 2.05) is 6.92 Å². The van der Waals surface area contributed by atoms with Gasteiger partial charge in [-0.25, -0.2) is 17.2 Å². The molecule has 4 nitrogen and oxygen atoms in total. The van der Waals surface area contributed by atoms with Crippen LogP contribution in [0.2, 0.25) is 0 Å². The molecule has 8 heteroatoms. The Morgan fingerprint density at radius 1 is 1.40 bits per heavy atom. The van der Waals surface area contributed by atoms with E-state index in [0.29, 0.717) is 12.5 Å². The normalized spacial score (nSPS) is 13.1. The summed E-state index contributed by atoms with van der Waals surface area (Å²) in [6.45, 7) is 3.61. The second kappa shape index (κ2) is 6.49. The van der Waals surface area contributed by atoms with Gasteiger partial charge in [-0.2, -0.15) is 0 Å². The molecule has 112 valence electrons. The first-order chi connectivity index (χ1) is 9.16. The summed E-state index contributed by atoms with van der Waals surface area (Å²) in [5.41, 5.74) is -0.688. The summed E-state index contributed by atoms with van der Waals surface area (Å²) in [7, 11) is 0.815. The molecular formula is C12H14ClF2NO3S. The summed E-state index contributed by atoms with van der Waals surface area (Å²) in [6.07, 6.45) is 1.46. The van der Waals surface area contributed by atoms with Crippen molar-refractivity contribution < 1.29 is 22.0 Å². The monoisotopic (exact) mass is 325 g/mol.